The quantitative estimate of drug-likeness (QED) is 0.366. The fraction of sp³-hybridized carbons (Fsp3) is 0.769. The first-order valence-corrected chi connectivity index (χ1v) is 6.75. The molecule has 0 saturated heterocycles. The number of nitrogens with zero attached hydrogens (tertiary/aromatic N) is 2. The van der Waals surface area contributed by atoms with Crippen LogP contribution in [0.1, 0.15) is 24.7 Å². The third-order valence-electron chi connectivity index (χ3n) is 3.12. The van der Waals surface area contributed by atoms with Gasteiger partial charge in [0.25, 0.3) is 0 Å². The molecule has 0 radical (unpaired) electrons. The van der Waals surface area contributed by atoms with E-state index in [0.717, 1.165) is 25.0 Å². The number of nitrogens with one attached hydrogen (secondary N) is 1. The van der Waals surface area contributed by atoms with Crippen LogP contribution in [0.5, 0.6) is 0 Å². The summed E-state index contributed by atoms with van der Waals surface area (Å²) in [5.74, 6) is 5.59. The van der Waals surface area contributed by atoms with Gasteiger partial charge in [-0.05, 0) is 18.9 Å². The average Bonchev–Trinajstić information content (AvgIpc) is 2.77. The summed E-state index contributed by atoms with van der Waals surface area (Å²) >= 11 is 0. The lowest BCUT2D eigenvalue weighted by Gasteiger charge is -2.15. The Morgan fingerprint density at radius 3 is 2.79 bits per heavy atom. The highest BCUT2D eigenvalue weighted by Gasteiger charge is 2.11. The lowest BCUT2D eigenvalue weighted by Crippen LogP contribution is -2.38. The molecule has 0 aliphatic carbocycles. The molecule has 0 aromatic carbocycles. The zero-order valence-corrected chi connectivity index (χ0v) is 12.2. The second kappa shape index (κ2) is 9.03. The molecule has 0 saturated carbocycles. The number of ether oxygens (including phenoxy) is 2. The van der Waals surface area contributed by atoms with Crippen molar-refractivity contribution in [3.63, 3.8) is 0 Å². The predicted octanol–water partition coefficient (Wildman–Crippen LogP) is 0.410. The van der Waals surface area contributed by atoms with Crippen molar-refractivity contribution >= 4 is 0 Å². The van der Waals surface area contributed by atoms with E-state index in [0.29, 0.717) is 19.8 Å². The Bertz CT molecular complexity index is 354. The van der Waals surface area contributed by atoms with E-state index in [1.807, 2.05) is 11.7 Å². The maximum absolute atomic E-state index is 5.59. The van der Waals surface area contributed by atoms with Crippen LogP contribution in [0.15, 0.2) is 6.07 Å². The third-order valence-corrected chi connectivity index (χ3v) is 3.12. The molecule has 1 atom stereocenters. The Morgan fingerprint density at radius 1 is 1.42 bits per heavy atom. The highest BCUT2D eigenvalue weighted by Crippen LogP contribution is 2.08. The lowest BCUT2D eigenvalue weighted by atomic mass is 10.1. The predicted molar refractivity (Wildman–Crippen MR) is 74.7 cm³/mol. The molecule has 110 valence electrons. The number of hydrogen-bond donors (Lipinski definition) is 2. The van der Waals surface area contributed by atoms with Crippen molar-refractivity contribution in [1.29, 1.82) is 0 Å². The van der Waals surface area contributed by atoms with Gasteiger partial charge in [0.15, 0.2) is 0 Å². The van der Waals surface area contributed by atoms with Crippen LogP contribution < -0.4 is 11.3 Å². The molecule has 1 heterocycles. The molecule has 3 N–H and O–H groups in total. The van der Waals surface area contributed by atoms with Gasteiger partial charge in [-0.25, -0.2) is 0 Å². The van der Waals surface area contributed by atoms with Crippen LogP contribution in [0.3, 0.4) is 0 Å². The summed E-state index contributed by atoms with van der Waals surface area (Å²) in [6.45, 7) is 4.03. The summed E-state index contributed by atoms with van der Waals surface area (Å²) in [6, 6.07) is 2.33. The number of aryl methyl sites for hydroxylation is 2. The first-order chi connectivity index (χ1) is 9.21. The van der Waals surface area contributed by atoms with Crippen LogP contribution in [-0.4, -0.2) is 42.8 Å². The highest BCUT2D eigenvalue weighted by atomic mass is 16.5. The molecule has 0 amide bonds. The first kappa shape index (κ1) is 16.1. The van der Waals surface area contributed by atoms with E-state index in [1.54, 1.807) is 7.11 Å². The van der Waals surface area contributed by atoms with Gasteiger partial charge < -0.3 is 9.47 Å². The van der Waals surface area contributed by atoms with Crippen molar-refractivity contribution in [3.8, 4) is 0 Å². The van der Waals surface area contributed by atoms with Crippen molar-refractivity contribution in [2.45, 2.75) is 32.2 Å². The van der Waals surface area contributed by atoms with Crippen LogP contribution in [0.25, 0.3) is 0 Å². The summed E-state index contributed by atoms with van der Waals surface area (Å²) < 4.78 is 12.3. The molecule has 0 fully saturated rings. The van der Waals surface area contributed by atoms with Gasteiger partial charge >= 0.3 is 0 Å². The Kier molecular flexibility index (Phi) is 7.66. The van der Waals surface area contributed by atoms with E-state index in [9.17, 15) is 0 Å². The highest BCUT2D eigenvalue weighted by molar-refractivity contribution is 5.11. The van der Waals surface area contributed by atoms with Crippen molar-refractivity contribution in [3.05, 3.63) is 17.5 Å². The van der Waals surface area contributed by atoms with Gasteiger partial charge in [0.05, 0.1) is 18.9 Å². The molecular weight excluding hydrogens is 244 g/mol. The summed E-state index contributed by atoms with van der Waals surface area (Å²) in [5, 5.41) is 4.44. The van der Waals surface area contributed by atoms with Crippen LogP contribution in [0, 0.1) is 0 Å². The van der Waals surface area contributed by atoms with Crippen molar-refractivity contribution in [2.75, 3.05) is 26.9 Å². The second-order valence-electron chi connectivity index (χ2n) is 4.57. The Balaban J connectivity index is 2.36. The Hall–Kier alpha value is -0.950. The molecule has 6 nitrogen and oxygen atoms in total. The minimum absolute atomic E-state index is 0.197. The largest absolute Gasteiger partial charge is 0.382 e. The van der Waals surface area contributed by atoms with Crippen molar-refractivity contribution in [1.82, 2.24) is 15.2 Å². The fourth-order valence-electron chi connectivity index (χ4n) is 1.90. The molecule has 6 heteroatoms. The normalized spacial score (nSPS) is 12.8. The summed E-state index contributed by atoms with van der Waals surface area (Å²) in [5.41, 5.74) is 5.15. The molecule has 19 heavy (non-hydrogen) atoms. The molecular formula is C13H26N4O2. The van der Waals surface area contributed by atoms with E-state index >= 15 is 0 Å². The molecule has 1 aromatic heterocycles. The maximum atomic E-state index is 5.59. The maximum Gasteiger partial charge on any atom is 0.0700 e. The first-order valence-electron chi connectivity index (χ1n) is 6.75. The molecule has 0 bridgehead atoms. The van der Waals surface area contributed by atoms with Gasteiger partial charge in [0.2, 0.25) is 0 Å². The summed E-state index contributed by atoms with van der Waals surface area (Å²) in [7, 11) is 3.64. The smallest absolute Gasteiger partial charge is 0.0700 e. The Morgan fingerprint density at radius 2 is 2.21 bits per heavy atom. The monoisotopic (exact) mass is 270 g/mol. The van der Waals surface area contributed by atoms with Crippen molar-refractivity contribution in [2.24, 2.45) is 12.9 Å². The second-order valence-corrected chi connectivity index (χ2v) is 4.57. The topological polar surface area (TPSA) is 74.3 Å². The minimum Gasteiger partial charge on any atom is -0.382 e. The van der Waals surface area contributed by atoms with E-state index in [2.05, 4.69) is 23.5 Å². The molecule has 0 spiro atoms. The van der Waals surface area contributed by atoms with E-state index < -0.39 is 0 Å². The van der Waals surface area contributed by atoms with Crippen LogP contribution in [0.2, 0.25) is 0 Å². The van der Waals surface area contributed by atoms with Gasteiger partial charge in [-0.3, -0.25) is 16.0 Å². The molecule has 1 unspecified atom stereocenters. The Labute approximate surface area is 115 Å². The summed E-state index contributed by atoms with van der Waals surface area (Å²) in [6.07, 6.45) is 2.68. The van der Waals surface area contributed by atoms with Crippen LogP contribution in [-0.2, 0) is 29.4 Å². The molecule has 1 aromatic rings. The zero-order chi connectivity index (χ0) is 14.1. The molecule has 0 aliphatic heterocycles. The SMILES string of the molecule is CCc1cc(CC(CCOCCOC)NN)n(C)n1. The van der Waals surface area contributed by atoms with E-state index in [4.69, 9.17) is 15.3 Å². The van der Waals surface area contributed by atoms with E-state index in [1.165, 1.54) is 5.69 Å². The van der Waals surface area contributed by atoms with Crippen LogP contribution in [0.4, 0.5) is 0 Å². The van der Waals surface area contributed by atoms with Crippen LogP contribution >= 0.6 is 0 Å². The molecule has 0 aliphatic rings. The average molecular weight is 270 g/mol. The number of hydrogen-bond acceptors (Lipinski definition) is 5. The standard InChI is InChI=1S/C13H26N4O2/c1-4-11-9-13(17(2)16-11)10-12(15-14)5-6-19-8-7-18-3/h9,12,15H,4-8,10,14H2,1-3H3. The zero-order valence-electron chi connectivity index (χ0n) is 12.2. The van der Waals surface area contributed by atoms with Gasteiger partial charge in [-0.2, -0.15) is 5.10 Å². The number of nitrogens with two attached hydrogens (primary N) is 1. The molecule has 1 rings (SSSR count). The third kappa shape index (κ3) is 5.69. The van der Waals surface area contributed by atoms with Crippen molar-refractivity contribution < 1.29 is 9.47 Å². The number of rotatable bonds is 10. The number of methoxy groups -OCH3 is 1. The van der Waals surface area contributed by atoms with Gasteiger partial charge in [-0.15, -0.1) is 0 Å². The fourth-order valence-corrected chi connectivity index (χ4v) is 1.90. The van der Waals surface area contributed by atoms with Gasteiger partial charge in [-0.1, -0.05) is 6.92 Å². The van der Waals surface area contributed by atoms with Gasteiger partial charge in [0, 0.05) is 38.9 Å². The van der Waals surface area contributed by atoms with E-state index in [-0.39, 0.29) is 6.04 Å². The van der Waals surface area contributed by atoms with Gasteiger partial charge in [0.1, 0.15) is 0 Å². The number of aromatic nitrogens is 2. The minimum atomic E-state index is 0.197. The lowest BCUT2D eigenvalue weighted by molar-refractivity contribution is 0.0657. The number of hydrazine groups is 1. The summed E-state index contributed by atoms with van der Waals surface area (Å²) in [4.78, 5) is 0.